The first-order valence-electron chi connectivity index (χ1n) is 10.1. The van der Waals surface area contributed by atoms with Gasteiger partial charge < -0.3 is 14.4 Å². The van der Waals surface area contributed by atoms with E-state index in [9.17, 15) is 13.2 Å². The number of amides is 1. The number of rotatable bonds is 5. The number of piperidine rings is 1. The molecule has 7 nitrogen and oxygen atoms in total. The van der Waals surface area contributed by atoms with Gasteiger partial charge >= 0.3 is 0 Å². The lowest BCUT2D eigenvalue weighted by molar-refractivity contribution is -0.119. The highest BCUT2D eigenvalue weighted by molar-refractivity contribution is 7.89. The normalized spacial score (nSPS) is 17.5. The quantitative estimate of drug-likeness (QED) is 0.729. The molecule has 0 aromatic heterocycles. The molecule has 30 heavy (non-hydrogen) atoms. The van der Waals surface area contributed by atoms with E-state index < -0.39 is 10.0 Å². The van der Waals surface area contributed by atoms with Gasteiger partial charge in [-0.3, -0.25) is 4.79 Å². The van der Waals surface area contributed by atoms with Crippen LogP contribution in [0.15, 0.2) is 41.3 Å². The minimum Gasteiger partial charge on any atom is -0.493 e. The summed E-state index contributed by atoms with van der Waals surface area (Å²) in [6.07, 6.45) is 3.03. The van der Waals surface area contributed by atoms with Crippen molar-refractivity contribution < 1.29 is 22.7 Å². The van der Waals surface area contributed by atoms with Crippen molar-refractivity contribution in [2.75, 3.05) is 32.2 Å². The number of hydrogen-bond donors (Lipinski definition) is 0. The number of anilines is 1. The lowest BCUT2D eigenvalue weighted by Gasteiger charge is -2.29. The summed E-state index contributed by atoms with van der Waals surface area (Å²) < 4.78 is 38.6. The molecule has 0 radical (unpaired) electrons. The summed E-state index contributed by atoms with van der Waals surface area (Å²) >= 11 is 0. The number of fused-ring (bicyclic) bond motifs is 1. The largest absolute Gasteiger partial charge is 0.493 e. The van der Waals surface area contributed by atoms with Gasteiger partial charge in [0.15, 0.2) is 11.5 Å². The zero-order chi connectivity index (χ0) is 21.3. The molecule has 0 unspecified atom stereocenters. The molecule has 8 heteroatoms. The Kier molecular flexibility index (Phi) is 5.71. The van der Waals surface area contributed by atoms with Crippen molar-refractivity contribution in [1.82, 2.24) is 4.31 Å². The van der Waals surface area contributed by atoms with E-state index in [4.69, 9.17) is 9.47 Å². The molecule has 2 heterocycles. The van der Waals surface area contributed by atoms with Crippen LogP contribution < -0.4 is 14.4 Å². The van der Waals surface area contributed by atoms with E-state index in [0.29, 0.717) is 37.4 Å². The van der Waals surface area contributed by atoms with Crippen LogP contribution in [0.5, 0.6) is 11.5 Å². The van der Waals surface area contributed by atoms with Crippen molar-refractivity contribution in [1.29, 1.82) is 0 Å². The Morgan fingerprint density at radius 1 is 0.867 bits per heavy atom. The van der Waals surface area contributed by atoms with E-state index in [1.807, 2.05) is 12.1 Å². The van der Waals surface area contributed by atoms with Gasteiger partial charge in [-0.05, 0) is 66.8 Å². The van der Waals surface area contributed by atoms with E-state index in [0.717, 1.165) is 29.7 Å². The first kappa shape index (κ1) is 20.7. The van der Waals surface area contributed by atoms with Crippen molar-refractivity contribution >= 4 is 21.6 Å². The van der Waals surface area contributed by atoms with E-state index in [1.165, 1.54) is 4.31 Å². The third-order valence-electron chi connectivity index (χ3n) is 5.79. The van der Waals surface area contributed by atoms with Crippen molar-refractivity contribution in [2.45, 2.75) is 37.1 Å². The van der Waals surface area contributed by atoms with Crippen molar-refractivity contribution in [2.24, 2.45) is 0 Å². The number of methoxy groups -OCH3 is 2. The van der Waals surface area contributed by atoms with Gasteiger partial charge in [-0.1, -0.05) is 0 Å². The second kappa shape index (κ2) is 8.28. The number of ether oxygens (including phenoxy) is 2. The van der Waals surface area contributed by atoms with E-state index in [2.05, 4.69) is 0 Å². The second-order valence-electron chi connectivity index (χ2n) is 7.56. The van der Waals surface area contributed by atoms with E-state index >= 15 is 0 Å². The molecule has 1 fully saturated rings. The van der Waals surface area contributed by atoms with Gasteiger partial charge in [0.05, 0.1) is 19.1 Å². The summed E-state index contributed by atoms with van der Waals surface area (Å²) in [5.41, 5.74) is 2.73. The molecule has 2 aliphatic rings. The molecule has 0 bridgehead atoms. The van der Waals surface area contributed by atoms with Crippen LogP contribution in [-0.2, 0) is 27.8 Å². The van der Waals surface area contributed by atoms with Crippen LogP contribution in [0, 0.1) is 0 Å². The highest BCUT2D eigenvalue weighted by Crippen LogP contribution is 2.35. The Bertz CT molecular complexity index is 1050. The van der Waals surface area contributed by atoms with E-state index in [1.54, 1.807) is 43.4 Å². The highest BCUT2D eigenvalue weighted by atomic mass is 32.2. The maximum absolute atomic E-state index is 13.2. The number of nitrogens with zero attached hydrogens (tertiary/aromatic N) is 2. The molecular formula is C22H26N2O5S. The summed E-state index contributed by atoms with van der Waals surface area (Å²) in [5.74, 6) is 1.33. The molecule has 0 aliphatic carbocycles. The van der Waals surface area contributed by atoms with Crippen LogP contribution >= 0.6 is 0 Å². The van der Waals surface area contributed by atoms with Gasteiger partial charge in [0.2, 0.25) is 15.9 Å². The first-order chi connectivity index (χ1) is 14.4. The Morgan fingerprint density at radius 3 is 2.17 bits per heavy atom. The maximum atomic E-state index is 13.2. The maximum Gasteiger partial charge on any atom is 0.243 e. The van der Waals surface area contributed by atoms with Crippen molar-refractivity contribution in [3.05, 3.63) is 47.5 Å². The third-order valence-corrected chi connectivity index (χ3v) is 7.65. The zero-order valence-electron chi connectivity index (χ0n) is 17.3. The molecule has 0 atom stereocenters. The topological polar surface area (TPSA) is 76.2 Å². The summed E-state index contributed by atoms with van der Waals surface area (Å²) in [4.78, 5) is 14.1. The van der Waals surface area contributed by atoms with Crippen LogP contribution in [0.2, 0.25) is 0 Å². The summed E-state index contributed by atoms with van der Waals surface area (Å²) in [5, 5.41) is 0. The minimum atomic E-state index is -3.64. The molecule has 1 amide bonds. The van der Waals surface area contributed by atoms with Gasteiger partial charge in [-0.15, -0.1) is 0 Å². The molecule has 160 valence electrons. The second-order valence-corrected chi connectivity index (χ2v) is 9.50. The fourth-order valence-electron chi connectivity index (χ4n) is 4.09. The smallest absolute Gasteiger partial charge is 0.243 e. The Morgan fingerprint density at radius 2 is 1.53 bits per heavy atom. The lowest BCUT2D eigenvalue weighted by Crippen LogP contribution is -2.36. The Balaban J connectivity index is 1.56. The van der Waals surface area contributed by atoms with Crippen LogP contribution in [-0.4, -0.2) is 45.9 Å². The van der Waals surface area contributed by atoms with Gasteiger partial charge in [-0.2, -0.15) is 4.31 Å². The third kappa shape index (κ3) is 3.77. The highest BCUT2D eigenvalue weighted by Gasteiger charge is 2.30. The van der Waals surface area contributed by atoms with Gasteiger partial charge in [0.25, 0.3) is 0 Å². The average Bonchev–Trinajstić information content (AvgIpc) is 2.78. The summed E-state index contributed by atoms with van der Waals surface area (Å²) in [6.45, 7) is 1.36. The number of carbonyl (C=O) groups is 1. The number of sulfonamides is 1. The van der Waals surface area contributed by atoms with Crippen molar-refractivity contribution in [3.8, 4) is 11.5 Å². The molecule has 1 saturated heterocycles. The molecule has 0 spiro atoms. The zero-order valence-corrected chi connectivity index (χ0v) is 18.1. The Hall–Kier alpha value is -2.58. The first-order valence-corrected chi connectivity index (χ1v) is 11.5. The number of benzene rings is 2. The van der Waals surface area contributed by atoms with Crippen LogP contribution in [0.25, 0.3) is 0 Å². The molecule has 0 saturated carbocycles. The van der Waals surface area contributed by atoms with Crippen LogP contribution in [0.4, 0.5) is 5.69 Å². The average molecular weight is 431 g/mol. The SMILES string of the molecule is COc1cc2c(cc1OC)CN(S(=O)(=O)c1ccc(N3CCCCC3=O)cc1)CC2. The fourth-order valence-corrected chi connectivity index (χ4v) is 5.51. The summed E-state index contributed by atoms with van der Waals surface area (Å²) in [6, 6.07) is 10.4. The minimum absolute atomic E-state index is 0.0915. The monoisotopic (exact) mass is 430 g/mol. The summed E-state index contributed by atoms with van der Waals surface area (Å²) in [7, 11) is -0.489. The molecule has 4 rings (SSSR count). The van der Waals surface area contributed by atoms with Crippen molar-refractivity contribution in [3.63, 3.8) is 0 Å². The lowest BCUT2D eigenvalue weighted by atomic mass is 10.0. The van der Waals surface area contributed by atoms with Gasteiger partial charge in [0.1, 0.15) is 0 Å². The fraction of sp³-hybridized carbons (Fsp3) is 0.409. The van der Waals surface area contributed by atoms with E-state index in [-0.39, 0.29) is 17.3 Å². The molecule has 0 N–H and O–H groups in total. The standard InChI is InChI=1S/C22H26N2O5S/c1-28-20-13-16-10-12-23(15-17(16)14-21(20)29-2)30(26,27)19-8-6-18(7-9-19)24-11-4-3-5-22(24)25/h6-9,13-14H,3-5,10-12,15H2,1-2H3. The van der Waals surface area contributed by atoms with Gasteiger partial charge in [-0.25, -0.2) is 8.42 Å². The molecular weight excluding hydrogens is 404 g/mol. The number of hydrogen-bond acceptors (Lipinski definition) is 5. The predicted molar refractivity (Wildman–Crippen MR) is 113 cm³/mol. The molecule has 2 aliphatic heterocycles. The Labute approximate surface area is 177 Å². The van der Waals surface area contributed by atoms with Gasteiger partial charge in [0, 0.05) is 31.7 Å². The molecule has 2 aromatic carbocycles. The molecule has 2 aromatic rings. The van der Waals surface area contributed by atoms with Crippen LogP contribution in [0.1, 0.15) is 30.4 Å². The predicted octanol–water partition coefficient (Wildman–Crippen LogP) is 2.97. The van der Waals surface area contributed by atoms with Crippen LogP contribution in [0.3, 0.4) is 0 Å². The number of carbonyl (C=O) groups excluding carboxylic acids is 1.